The molecule has 31 heavy (non-hydrogen) atoms. The quantitative estimate of drug-likeness (QED) is 0.303. The molecule has 0 amide bonds. The fourth-order valence-electron chi connectivity index (χ4n) is 3.50. The Morgan fingerprint density at radius 3 is 2.58 bits per heavy atom. The van der Waals surface area contributed by atoms with Crippen LogP contribution in [-0.4, -0.2) is 33.0 Å². The molecule has 1 atom stereocenters. The molecular formula is C23H21FN4OS2. The predicted molar refractivity (Wildman–Crippen MR) is 126 cm³/mol. The zero-order valence-corrected chi connectivity index (χ0v) is 18.8. The molecule has 5 nitrogen and oxygen atoms in total. The highest BCUT2D eigenvalue weighted by atomic mass is 32.2. The van der Waals surface area contributed by atoms with Crippen molar-refractivity contribution in [2.75, 3.05) is 12.8 Å². The molecule has 0 spiro atoms. The summed E-state index contributed by atoms with van der Waals surface area (Å²) in [6, 6.07) is 14.0. The molecule has 4 rings (SSSR count). The summed E-state index contributed by atoms with van der Waals surface area (Å²) in [4.78, 5) is 7.74. The molecule has 1 aliphatic rings. The van der Waals surface area contributed by atoms with Gasteiger partial charge in [0.25, 0.3) is 5.89 Å². The standard InChI is InChI=1S/C23H21FN4OS2/c1-4-13-28-14(2)19(20(25-23(28)30)15-7-11-18(31-3)12-8-15)22-26-21(27-29-22)16-5-9-17(24)10-6-16/h4-12,20H,1,13H2,2-3H3,(H,25,30). The number of nitrogens with one attached hydrogen (secondary N) is 1. The zero-order chi connectivity index (χ0) is 22.0. The fraction of sp³-hybridized carbons (Fsp3) is 0.174. The van der Waals surface area contributed by atoms with Crippen LogP contribution < -0.4 is 5.32 Å². The molecule has 158 valence electrons. The van der Waals surface area contributed by atoms with Gasteiger partial charge in [0, 0.05) is 22.7 Å². The summed E-state index contributed by atoms with van der Waals surface area (Å²) in [5.74, 6) is 0.472. The third-order valence-electron chi connectivity index (χ3n) is 5.12. The number of hydrogen-bond donors (Lipinski definition) is 1. The van der Waals surface area contributed by atoms with Crippen molar-refractivity contribution in [3.63, 3.8) is 0 Å². The Morgan fingerprint density at radius 1 is 1.23 bits per heavy atom. The molecule has 0 saturated heterocycles. The van der Waals surface area contributed by atoms with E-state index in [-0.39, 0.29) is 11.9 Å². The molecule has 1 N–H and O–H groups in total. The topological polar surface area (TPSA) is 54.2 Å². The van der Waals surface area contributed by atoms with E-state index in [1.54, 1.807) is 30.0 Å². The van der Waals surface area contributed by atoms with Crippen LogP contribution in [0.3, 0.4) is 0 Å². The SMILES string of the molecule is C=CCN1C(=S)NC(c2ccc(SC)cc2)C(c2nc(-c3ccc(F)cc3)no2)=C1C. The van der Waals surface area contributed by atoms with E-state index in [2.05, 4.69) is 46.3 Å². The highest BCUT2D eigenvalue weighted by molar-refractivity contribution is 7.98. The monoisotopic (exact) mass is 452 g/mol. The van der Waals surface area contributed by atoms with Crippen LogP contribution in [0, 0.1) is 5.82 Å². The van der Waals surface area contributed by atoms with E-state index in [1.165, 1.54) is 17.0 Å². The highest BCUT2D eigenvalue weighted by Gasteiger charge is 2.33. The second-order valence-corrected chi connectivity index (χ2v) is 8.25. The van der Waals surface area contributed by atoms with Gasteiger partial charge in [0.2, 0.25) is 5.82 Å². The van der Waals surface area contributed by atoms with Gasteiger partial charge in [-0.1, -0.05) is 23.4 Å². The van der Waals surface area contributed by atoms with Gasteiger partial charge >= 0.3 is 0 Å². The molecule has 2 aromatic carbocycles. The molecule has 1 aromatic heterocycles. The first kappa shape index (κ1) is 21.3. The van der Waals surface area contributed by atoms with Crippen LogP contribution in [0.1, 0.15) is 24.4 Å². The first-order valence-electron chi connectivity index (χ1n) is 9.65. The Labute approximate surface area is 190 Å². The second kappa shape index (κ2) is 9.03. The highest BCUT2D eigenvalue weighted by Crippen LogP contribution is 2.37. The van der Waals surface area contributed by atoms with Crippen molar-refractivity contribution in [1.82, 2.24) is 20.4 Å². The number of thiocarbonyl (C=S) groups is 1. The summed E-state index contributed by atoms with van der Waals surface area (Å²) < 4.78 is 19.0. The molecule has 1 aliphatic heterocycles. The summed E-state index contributed by atoms with van der Waals surface area (Å²) in [6.07, 6.45) is 3.83. The Bertz CT molecular complexity index is 1140. The van der Waals surface area contributed by atoms with E-state index in [1.807, 2.05) is 18.1 Å². The van der Waals surface area contributed by atoms with Crippen LogP contribution in [0.25, 0.3) is 17.0 Å². The van der Waals surface area contributed by atoms with Crippen LogP contribution in [0.5, 0.6) is 0 Å². The molecule has 1 unspecified atom stereocenters. The minimum atomic E-state index is -0.315. The van der Waals surface area contributed by atoms with Crippen LogP contribution >= 0.6 is 24.0 Å². The number of halogens is 1. The van der Waals surface area contributed by atoms with E-state index in [0.29, 0.717) is 28.9 Å². The molecule has 0 aliphatic carbocycles. The molecule has 2 heterocycles. The molecule has 0 radical (unpaired) electrons. The molecule has 0 bridgehead atoms. The number of aromatic nitrogens is 2. The lowest BCUT2D eigenvalue weighted by Crippen LogP contribution is -2.45. The number of benzene rings is 2. The van der Waals surface area contributed by atoms with Gasteiger partial charge in [-0.15, -0.1) is 18.3 Å². The molecule has 8 heteroatoms. The third kappa shape index (κ3) is 4.26. The van der Waals surface area contributed by atoms with E-state index in [9.17, 15) is 4.39 Å². The maximum absolute atomic E-state index is 13.3. The van der Waals surface area contributed by atoms with Crippen LogP contribution in [0.4, 0.5) is 4.39 Å². The number of allylic oxidation sites excluding steroid dienone is 1. The number of nitrogens with zero attached hydrogens (tertiary/aromatic N) is 3. The maximum atomic E-state index is 13.3. The minimum absolute atomic E-state index is 0.244. The lowest BCUT2D eigenvalue weighted by Gasteiger charge is -2.36. The first-order chi connectivity index (χ1) is 15.0. The molecule has 3 aromatic rings. The van der Waals surface area contributed by atoms with Gasteiger partial charge in [0.1, 0.15) is 5.82 Å². The van der Waals surface area contributed by atoms with Gasteiger partial charge in [0.05, 0.1) is 11.6 Å². The van der Waals surface area contributed by atoms with Gasteiger partial charge in [-0.3, -0.25) is 0 Å². The van der Waals surface area contributed by atoms with Gasteiger partial charge in [-0.2, -0.15) is 4.98 Å². The van der Waals surface area contributed by atoms with Crippen LogP contribution in [-0.2, 0) is 0 Å². The summed E-state index contributed by atoms with van der Waals surface area (Å²) in [5, 5.41) is 8.14. The van der Waals surface area contributed by atoms with Gasteiger partial charge in [-0.25, -0.2) is 4.39 Å². The normalized spacial score (nSPS) is 16.4. The summed E-state index contributed by atoms with van der Waals surface area (Å²) in [7, 11) is 0. The third-order valence-corrected chi connectivity index (χ3v) is 6.20. The Balaban J connectivity index is 1.79. The van der Waals surface area contributed by atoms with Crippen molar-refractivity contribution in [2.24, 2.45) is 0 Å². The van der Waals surface area contributed by atoms with E-state index in [4.69, 9.17) is 16.7 Å². The van der Waals surface area contributed by atoms with Crippen molar-refractivity contribution >= 4 is 34.7 Å². The first-order valence-corrected chi connectivity index (χ1v) is 11.3. The van der Waals surface area contributed by atoms with E-state index >= 15 is 0 Å². The Hall–Kier alpha value is -2.97. The number of rotatable bonds is 6. The van der Waals surface area contributed by atoms with Crippen molar-refractivity contribution in [3.8, 4) is 11.4 Å². The minimum Gasteiger partial charge on any atom is -0.351 e. The molecule has 0 saturated carbocycles. The predicted octanol–water partition coefficient (Wildman–Crippen LogP) is 5.45. The Kier molecular flexibility index (Phi) is 6.20. The van der Waals surface area contributed by atoms with Crippen molar-refractivity contribution in [1.29, 1.82) is 0 Å². The lowest BCUT2D eigenvalue weighted by atomic mass is 9.95. The molecule has 0 fully saturated rings. The smallest absolute Gasteiger partial charge is 0.258 e. The van der Waals surface area contributed by atoms with Crippen LogP contribution in [0.15, 0.2) is 76.3 Å². The largest absolute Gasteiger partial charge is 0.351 e. The summed E-state index contributed by atoms with van der Waals surface area (Å²) in [5.41, 5.74) is 3.47. The van der Waals surface area contributed by atoms with Gasteiger partial charge in [-0.05, 0) is 67.4 Å². The van der Waals surface area contributed by atoms with Gasteiger partial charge in [0.15, 0.2) is 5.11 Å². The summed E-state index contributed by atoms with van der Waals surface area (Å²) in [6.45, 7) is 6.37. The second-order valence-electron chi connectivity index (χ2n) is 6.98. The van der Waals surface area contributed by atoms with Crippen molar-refractivity contribution in [2.45, 2.75) is 17.9 Å². The number of hydrogen-bond acceptors (Lipinski definition) is 5. The van der Waals surface area contributed by atoms with E-state index in [0.717, 1.165) is 16.8 Å². The average Bonchev–Trinajstić information content (AvgIpc) is 3.26. The fourth-order valence-corrected chi connectivity index (χ4v) is 4.24. The average molecular weight is 453 g/mol. The lowest BCUT2D eigenvalue weighted by molar-refractivity contribution is 0.399. The molecular weight excluding hydrogens is 431 g/mol. The van der Waals surface area contributed by atoms with E-state index < -0.39 is 0 Å². The Morgan fingerprint density at radius 2 is 1.94 bits per heavy atom. The number of thioether (sulfide) groups is 1. The van der Waals surface area contributed by atoms with Gasteiger partial charge < -0.3 is 14.7 Å². The summed E-state index contributed by atoms with van der Waals surface area (Å²) >= 11 is 7.31. The van der Waals surface area contributed by atoms with Crippen molar-refractivity contribution in [3.05, 3.63) is 84.2 Å². The maximum Gasteiger partial charge on any atom is 0.258 e. The van der Waals surface area contributed by atoms with Crippen LogP contribution in [0.2, 0.25) is 0 Å². The van der Waals surface area contributed by atoms with Crippen molar-refractivity contribution < 1.29 is 8.91 Å². The zero-order valence-electron chi connectivity index (χ0n) is 17.1.